The fourth-order valence-electron chi connectivity index (χ4n) is 1.96. The van der Waals surface area contributed by atoms with Gasteiger partial charge >= 0.3 is 0 Å². The SMILES string of the molecule is CCc1cnc(NC2CCCCC2)s1. The molecule has 0 aromatic carbocycles. The lowest BCUT2D eigenvalue weighted by molar-refractivity contribution is 0.462. The van der Waals surface area contributed by atoms with E-state index in [0.717, 1.165) is 11.6 Å². The van der Waals surface area contributed by atoms with E-state index in [1.807, 2.05) is 6.20 Å². The van der Waals surface area contributed by atoms with Gasteiger partial charge in [0.25, 0.3) is 0 Å². The summed E-state index contributed by atoms with van der Waals surface area (Å²) in [4.78, 5) is 5.77. The largest absolute Gasteiger partial charge is 0.359 e. The van der Waals surface area contributed by atoms with Crippen molar-refractivity contribution in [2.75, 3.05) is 5.32 Å². The Bertz CT molecular complexity index is 277. The quantitative estimate of drug-likeness (QED) is 0.826. The van der Waals surface area contributed by atoms with Crippen LogP contribution in [-0.4, -0.2) is 11.0 Å². The van der Waals surface area contributed by atoms with Gasteiger partial charge in [0.1, 0.15) is 0 Å². The first-order valence-electron chi connectivity index (χ1n) is 5.59. The molecule has 3 heteroatoms. The van der Waals surface area contributed by atoms with E-state index in [1.165, 1.54) is 37.0 Å². The number of hydrogen-bond acceptors (Lipinski definition) is 3. The highest BCUT2D eigenvalue weighted by atomic mass is 32.1. The molecule has 0 atom stereocenters. The molecule has 0 saturated heterocycles. The van der Waals surface area contributed by atoms with Crippen LogP contribution in [0.3, 0.4) is 0 Å². The van der Waals surface area contributed by atoms with Gasteiger partial charge in [0, 0.05) is 17.1 Å². The van der Waals surface area contributed by atoms with Crippen LogP contribution in [0.4, 0.5) is 5.13 Å². The van der Waals surface area contributed by atoms with Crippen LogP contribution in [-0.2, 0) is 6.42 Å². The lowest BCUT2D eigenvalue weighted by atomic mass is 9.96. The summed E-state index contributed by atoms with van der Waals surface area (Å²) < 4.78 is 0. The molecule has 1 aromatic heterocycles. The van der Waals surface area contributed by atoms with Crippen molar-refractivity contribution >= 4 is 16.5 Å². The summed E-state index contributed by atoms with van der Waals surface area (Å²) in [5, 5.41) is 4.66. The van der Waals surface area contributed by atoms with Crippen molar-refractivity contribution in [3.05, 3.63) is 11.1 Å². The minimum absolute atomic E-state index is 0.680. The van der Waals surface area contributed by atoms with Gasteiger partial charge in [0.2, 0.25) is 0 Å². The normalized spacial score (nSPS) is 18.4. The summed E-state index contributed by atoms with van der Waals surface area (Å²) in [6.45, 7) is 2.18. The third-order valence-electron chi connectivity index (χ3n) is 2.83. The van der Waals surface area contributed by atoms with Gasteiger partial charge in [-0.05, 0) is 19.3 Å². The van der Waals surface area contributed by atoms with Gasteiger partial charge in [-0.3, -0.25) is 0 Å². The Kier molecular flexibility index (Phi) is 3.40. The Morgan fingerprint density at radius 1 is 1.43 bits per heavy atom. The maximum atomic E-state index is 4.39. The van der Waals surface area contributed by atoms with Crippen LogP contribution in [0.1, 0.15) is 43.9 Å². The van der Waals surface area contributed by atoms with Crippen molar-refractivity contribution in [1.29, 1.82) is 0 Å². The maximum Gasteiger partial charge on any atom is 0.183 e. The number of nitrogens with zero attached hydrogens (tertiary/aromatic N) is 1. The zero-order valence-electron chi connectivity index (χ0n) is 8.75. The smallest absolute Gasteiger partial charge is 0.183 e. The summed E-state index contributed by atoms with van der Waals surface area (Å²) in [6, 6.07) is 0.680. The number of thiazole rings is 1. The second kappa shape index (κ2) is 4.78. The minimum atomic E-state index is 0.680. The van der Waals surface area contributed by atoms with E-state index in [9.17, 15) is 0 Å². The Morgan fingerprint density at radius 2 is 2.21 bits per heavy atom. The zero-order chi connectivity index (χ0) is 9.80. The summed E-state index contributed by atoms with van der Waals surface area (Å²) >= 11 is 1.80. The molecule has 1 aliphatic rings. The monoisotopic (exact) mass is 210 g/mol. The molecule has 0 amide bonds. The van der Waals surface area contributed by atoms with Gasteiger partial charge in [-0.15, -0.1) is 11.3 Å². The van der Waals surface area contributed by atoms with Crippen LogP contribution in [0.25, 0.3) is 0 Å². The van der Waals surface area contributed by atoms with Crippen molar-refractivity contribution in [3.63, 3.8) is 0 Å². The molecule has 1 fully saturated rings. The highest BCUT2D eigenvalue weighted by Crippen LogP contribution is 2.24. The Hall–Kier alpha value is -0.570. The number of anilines is 1. The molecule has 78 valence electrons. The highest BCUT2D eigenvalue weighted by Gasteiger charge is 2.13. The summed E-state index contributed by atoms with van der Waals surface area (Å²) in [6.07, 6.45) is 9.91. The standard InChI is InChI=1S/C11H18N2S/c1-2-10-8-12-11(14-10)13-9-6-4-3-5-7-9/h8-9H,2-7H2,1H3,(H,12,13). The summed E-state index contributed by atoms with van der Waals surface area (Å²) in [5.74, 6) is 0. The van der Waals surface area contributed by atoms with Gasteiger partial charge in [0.05, 0.1) is 0 Å². The second-order valence-corrected chi connectivity index (χ2v) is 5.08. The Labute approximate surface area is 89.8 Å². The molecule has 0 unspecified atom stereocenters. The lowest BCUT2D eigenvalue weighted by Gasteiger charge is -2.22. The topological polar surface area (TPSA) is 24.9 Å². The van der Waals surface area contributed by atoms with Crippen LogP contribution in [0.5, 0.6) is 0 Å². The third-order valence-corrected chi connectivity index (χ3v) is 3.91. The van der Waals surface area contributed by atoms with E-state index < -0.39 is 0 Å². The molecule has 0 spiro atoms. The van der Waals surface area contributed by atoms with E-state index in [4.69, 9.17) is 0 Å². The molecule has 14 heavy (non-hydrogen) atoms. The van der Waals surface area contributed by atoms with Crippen LogP contribution in [0, 0.1) is 0 Å². The van der Waals surface area contributed by atoms with E-state index in [2.05, 4.69) is 17.2 Å². The van der Waals surface area contributed by atoms with Crippen molar-refractivity contribution < 1.29 is 0 Å². The zero-order valence-corrected chi connectivity index (χ0v) is 9.57. The average molecular weight is 210 g/mol. The Balaban J connectivity index is 1.89. The van der Waals surface area contributed by atoms with Gasteiger partial charge in [-0.1, -0.05) is 26.2 Å². The molecular weight excluding hydrogens is 192 g/mol. The maximum absolute atomic E-state index is 4.39. The Morgan fingerprint density at radius 3 is 2.86 bits per heavy atom. The predicted molar refractivity (Wildman–Crippen MR) is 62.0 cm³/mol. The van der Waals surface area contributed by atoms with E-state index in [0.29, 0.717) is 6.04 Å². The van der Waals surface area contributed by atoms with Gasteiger partial charge in [-0.2, -0.15) is 0 Å². The third kappa shape index (κ3) is 2.47. The summed E-state index contributed by atoms with van der Waals surface area (Å²) in [5.41, 5.74) is 0. The van der Waals surface area contributed by atoms with E-state index in [1.54, 1.807) is 11.3 Å². The highest BCUT2D eigenvalue weighted by molar-refractivity contribution is 7.15. The van der Waals surface area contributed by atoms with E-state index >= 15 is 0 Å². The first-order valence-corrected chi connectivity index (χ1v) is 6.41. The fraction of sp³-hybridized carbons (Fsp3) is 0.727. The molecule has 0 aliphatic heterocycles. The van der Waals surface area contributed by atoms with Crippen molar-refractivity contribution in [2.45, 2.75) is 51.5 Å². The second-order valence-electron chi connectivity index (χ2n) is 3.96. The first kappa shape index (κ1) is 9.97. The van der Waals surface area contributed by atoms with Crippen LogP contribution in [0.15, 0.2) is 6.20 Å². The molecule has 1 N–H and O–H groups in total. The minimum Gasteiger partial charge on any atom is -0.359 e. The number of aromatic nitrogens is 1. The fourth-order valence-corrected chi connectivity index (χ4v) is 2.79. The van der Waals surface area contributed by atoms with Crippen molar-refractivity contribution in [2.24, 2.45) is 0 Å². The van der Waals surface area contributed by atoms with Gasteiger partial charge < -0.3 is 5.32 Å². The van der Waals surface area contributed by atoms with Crippen LogP contribution in [0.2, 0.25) is 0 Å². The number of nitrogens with one attached hydrogen (secondary N) is 1. The number of rotatable bonds is 3. The first-order chi connectivity index (χ1) is 6.88. The molecule has 1 heterocycles. The van der Waals surface area contributed by atoms with Crippen LogP contribution >= 0.6 is 11.3 Å². The molecule has 1 saturated carbocycles. The van der Waals surface area contributed by atoms with Crippen molar-refractivity contribution in [1.82, 2.24) is 4.98 Å². The molecule has 0 radical (unpaired) electrons. The van der Waals surface area contributed by atoms with Crippen LogP contribution < -0.4 is 5.32 Å². The molecule has 1 aromatic rings. The molecule has 2 nitrogen and oxygen atoms in total. The number of hydrogen-bond donors (Lipinski definition) is 1. The van der Waals surface area contributed by atoms with E-state index in [-0.39, 0.29) is 0 Å². The lowest BCUT2D eigenvalue weighted by Crippen LogP contribution is -2.21. The van der Waals surface area contributed by atoms with Crippen molar-refractivity contribution in [3.8, 4) is 0 Å². The molecule has 0 bridgehead atoms. The average Bonchev–Trinajstić information content (AvgIpc) is 2.67. The molecule has 2 rings (SSSR count). The predicted octanol–water partition coefficient (Wildman–Crippen LogP) is 3.45. The van der Waals surface area contributed by atoms with Gasteiger partial charge in [-0.25, -0.2) is 4.98 Å². The molecular formula is C11H18N2S. The number of aryl methyl sites for hydroxylation is 1. The molecule has 1 aliphatic carbocycles. The summed E-state index contributed by atoms with van der Waals surface area (Å²) in [7, 11) is 0. The van der Waals surface area contributed by atoms with Gasteiger partial charge in [0.15, 0.2) is 5.13 Å².